The van der Waals surface area contributed by atoms with Gasteiger partial charge in [-0.3, -0.25) is 4.79 Å². The minimum atomic E-state index is 0.0241. The fraction of sp³-hybridized carbons (Fsp3) is 0.364. The van der Waals surface area contributed by atoms with Gasteiger partial charge in [0.2, 0.25) is 0 Å². The Hall–Kier alpha value is -2.82. The number of H-pyrrole nitrogens is 1. The molecule has 2 heterocycles. The van der Waals surface area contributed by atoms with Gasteiger partial charge in [0, 0.05) is 25.2 Å². The molecule has 3 aromatic rings. The first-order valence-electron chi connectivity index (χ1n) is 9.55. The van der Waals surface area contributed by atoms with Crippen LogP contribution in [0.4, 0.5) is 5.69 Å². The van der Waals surface area contributed by atoms with Crippen molar-refractivity contribution in [1.29, 1.82) is 0 Å². The summed E-state index contributed by atoms with van der Waals surface area (Å²) >= 11 is 0. The molecule has 5 nitrogen and oxygen atoms in total. The third kappa shape index (κ3) is 2.45. The molecule has 0 saturated carbocycles. The molecule has 1 aliphatic carbocycles. The molecule has 5 heteroatoms. The number of rotatable bonds is 1. The van der Waals surface area contributed by atoms with Gasteiger partial charge in [0.1, 0.15) is 11.3 Å². The van der Waals surface area contributed by atoms with Crippen LogP contribution in [0.2, 0.25) is 0 Å². The Morgan fingerprint density at radius 1 is 1.19 bits per heavy atom. The van der Waals surface area contributed by atoms with Crippen molar-refractivity contribution < 1.29 is 4.79 Å². The molecule has 0 radical (unpaired) electrons. The highest BCUT2D eigenvalue weighted by Crippen LogP contribution is 2.44. The number of carbonyl (C=O) groups excluding carboxylic acids is 1. The number of nitrogens with zero attached hydrogens (tertiary/aromatic N) is 2. The van der Waals surface area contributed by atoms with Crippen LogP contribution in [0.1, 0.15) is 39.3 Å². The van der Waals surface area contributed by atoms with Gasteiger partial charge in [0.05, 0.1) is 11.2 Å². The number of anilines is 1. The normalized spacial score (nSPS) is 16.9. The van der Waals surface area contributed by atoms with Crippen LogP contribution in [0, 0.1) is 6.92 Å². The van der Waals surface area contributed by atoms with Crippen molar-refractivity contribution in [1.82, 2.24) is 14.9 Å². The lowest BCUT2D eigenvalue weighted by molar-refractivity contribution is 0.0826. The second kappa shape index (κ2) is 5.59. The number of fused-ring (bicyclic) bond motifs is 4. The van der Waals surface area contributed by atoms with E-state index in [0.717, 1.165) is 59.4 Å². The minimum Gasteiger partial charge on any atom is -0.377 e. The molecule has 0 atom stereocenters. The van der Waals surface area contributed by atoms with Gasteiger partial charge >= 0.3 is 0 Å². The molecule has 2 aromatic carbocycles. The fourth-order valence-electron chi connectivity index (χ4n) is 4.79. The molecule has 0 fully saturated rings. The van der Waals surface area contributed by atoms with Crippen LogP contribution in [0.25, 0.3) is 11.0 Å². The molecule has 0 saturated heterocycles. The number of nitrogens with one attached hydrogen (secondary N) is 2. The van der Waals surface area contributed by atoms with E-state index in [9.17, 15) is 4.79 Å². The molecule has 5 rings (SSSR count). The molecule has 2 N–H and O–H groups in total. The first kappa shape index (κ1) is 16.4. The maximum atomic E-state index is 12.8. The summed E-state index contributed by atoms with van der Waals surface area (Å²) in [5, 5.41) is 3.86. The number of aromatic nitrogens is 2. The van der Waals surface area contributed by atoms with E-state index in [4.69, 9.17) is 4.98 Å². The van der Waals surface area contributed by atoms with E-state index in [2.05, 4.69) is 34.6 Å². The van der Waals surface area contributed by atoms with E-state index in [0.29, 0.717) is 0 Å². The van der Waals surface area contributed by atoms with Crippen molar-refractivity contribution in [2.75, 3.05) is 19.4 Å². The highest BCUT2D eigenvalue weighted by Gasteiger charge is 2.41. The van der Waals surface area contributed by atoms with Crippen LogP contribution in [0.3, 0.4) is 0 Å². The van der Waals surface area contributed by atoms with Crippen molar-refractivity contribution in [3.05, 3.63) is 58.4 Å². The maximum absolute atomic E-state index is 12.8. The van der Waals surface area contributed by atoms with Gasteiger partial charge in [-0.25, -0.2) is 4.98 Å². The summed E-state index contributed by atoms with van der Waals surface area (Å²) in [5.74, 6) is 0.922. The van der Waals surface area contributed by atoms with E-state index in [-0.39, 0.29) is 11.4 Å². The number of aromatic amines is 1. The van der Waals surface area contributed by atoms with Gasteiger partial charge < -0.3 is 15.2 Å². The molecule has 27 heavy (non-hydrogen) atoms. The maximum Gasteiger partial charge on any atom is 0.253 e. The standard InChI is InChI=1S/C22H24N4O/c1-13-23-18-10-17(21(27)26(2)3)16-8-9-22(25-19(16)20(18)24-13)11-14-6-4-5-7-15(14)12-22/h4-7,10,25H,8-9,11-12H2,1-3H3,(H,23,24). The number of aryl methyl sites for hydroxylation is 1. The molecule has 1 amide bonds. The van der Waals surface area contributed by atoms with Crippen molar-refractivity contribution >= 4 is 22.6 Å². The Kier molecular flexibility index (Phi) is 3.39. The summed E-state index contributed by atoms with van der Waals surface area (Å²) < 4.78 is 0. The highest BCUT2D eigenvalue weighted by atomic mass is 16.2. The van der Waals surface area contributed by atoms with Crippen LogP contribution in [-0.2, 0) is 19.3 Å². The van der Waals surface area contributed by atoms with Crippen LogP contribution >= 0.6 is 0 Å². The topological polar surface area (TPSA) is 61.0 Å². The largest absolute Gasteiger partial charge is 0.377 e. The van der Waals surface area contributed by atoms with Gasteiger partial charge in [0.25, 0.3) is 5.91 Å². The van der Waals surface area contributed by atoms with Crippen LogP contribution in [0.5, 0.6) is 0 Å². The Labute approximate surface area is 158 Å². The summed E-state index contributed by atoms with van der Waals surface area (Å²) in [7, 11) is 3.62. The summed E-state index contributed by atoms with van der Waals surface area (Å²) in [6.45, 7) is 1.96. The van der Waals surface area contributed by atoms with Crippen LogP contribution in [-0.4, -0.2) is 40.4 Å². The van der Waals surface area contributed by atoms with Crippen molar-refractivity contribution in [3.63, 3.8) is 0 Å². The lowest BCUT2D eigenvalue weighted by Crippen LogP contribution is -2.43. The van der Waals surface area contributed by atoms with Crippen LogP contribution < -0.4 is 5.32 Å². The molecular weight excluding hydrogens is 336 g/mol. The average molecular weight is 360 g/mol. The summed E-state index contributed by atoms with van der Waals surface area (Å²) in [6, 6.07) is 10.7. The predicted molar refractivity (Wildman–Crippen MR) is 107 cm³/mol. The lowest BCUT2D eigenvalue weighted by Gasteiger charge is -2.38. The highest BCUT2D eigenvalue weighted by molar-refractivity contribution is 6.04. The summed E-state index contributed by atoms with van der Waals surface area (Å²) in [5.41, 5.74) is 7.70. The first-order valence-corrected chi connectivity index (χ1v) is 9.55. The third-order valence-electron chi connectivity index (χ3n) is 6.06. The Morgan fingerprint density at radius 2 is 1.89 bits per heavy atom. The number of hydrogen-bond acceptors (Lipinski definition) is 3. The van der Waals surface area contributed by atoms with Crippen molar-refractivity contribution in [2.24, 2.45) is 0 Å². The number of hydrogen-bond donors (Lipinski definition) is 2. The number of amides is 1. The second-order valence-electron chi connectivity index (χ2n) is 8.22. The molecule has 1 aromatic heterocycles. The average Bonchev–Trinajstić information content (AvgIpc) is 3.19. The summed E-state index contributed by atoms with van der Waals surface area (Å²) in [6.07, 6.45) is 3.98. The van der Waals surface area contributed by atoms with Gasteiger partial charge in [-0.2, -0.15) is 0 Å². The first-order chi connectivity index (χ1) is 13.0. The van der Waals surface area contributed by atoms with E-state index < -0.39 is 0 Å². The fourth-order valence-corrected chi connectivity index (χ4v) is 4.79. The predicted octanol–water partition coefficient (Wildman–Crippen LogP) is 3.47. The lowest BCUT2D eigenvalue weighted by atomic mass is 9.82. The molecular formula is C22H24N4O. The SMILES string of the molecule is Cc1nc2c3c(c(C(=O)N(C)C)cc2[nH]1)CCC1(Cc2ccccc2C1)N3. The van der Waals surface area contributed by atoms with Crippen molar-refractivity contribution in [3.8, 4) is 0 Å². The Morgan fingerprint density at radius 3 is 2.56 bits per heavy atom. The zero-order chi connectivity index (χ0) is 18.8. The smallest absolute Gasteiger partial charge is 0.253 e. The van der Waals surface area contributed by atoms with Gasteiger partial charge in [-0.15, -0.1) is 0 Å². The summed E-state index contributed by atoms with van der Waals surface area (Å²) in [4.78, 5) is 22.5. The third-order valence-corrected chi connectivity index (χ3v) is 6.06. The Balaban J connectivity index is 1.65. The van der Waals surface area contributed by atoms with E-state index in [1.807, 2.05) is 27.1 Å². The molecule has 2 aliphatic rings. The zero-order valence-electron chi connectivity index (χ0n) is 16.0. The van der Waals surface area contributed by atoms with Crippen LogP contribution in [0.15, 0.2) is 30.3 Å². The van der Waals surface area contributed by atoms with Crippen molar-refractivity contribution in [2.45, 2.75) is 38.1 Å². The van der Waals surface area contributed by atoms with E-state index in [1.54, 1.807) is 4.90 Å². The minimum absolute atomic E-state index is 0.0241. The van der Waals surface area contributed by atoms with Gasteiger partial charge in [-0.05, 0) is 55.4 Å². The second-order valence-corrected chi connectivity index (χ2v) is 8.22. The molecule has 0 unspecified atom stereocenters. The molecule has 0 bridgehead atoms. The van der Waals surface area contributed by atoms with Gasteiger partial charge in [-0.1, -0.05) is 24.3 Å². The number of benzene rings is 2. The Bertz CT molecular complexity index is 1050. The molecule has 138 valence electrons. The van der Waals surface area contributed by atoms with E-state index in [1.165, 1.54) is 11.1 Å². The van der Waals surface area contributed by atoms with E-state index >= 15 is 0 Å². The zero-order valence-corrected chi connectivity index (χ0v) is 16.0. The molecule has 1 spiro atoms. The monoisotopic (exact) mass is 360 g/mol. The van der Waals surface area contributed by atoms with Gasteiger partial charge in [0.15, 0.2) is 0 Å². The molecule has 1 aliphatic heterocycles. The number of imidazole rings is 1. The quantitative estimate of drug-likeness (QED) is 0.699. The number of carbonyl (C=O) groups is 1.